The number of hydrogen-bond donors (Lipinski definition) is 3. The van der Waals surface area contributed by atoms with Gasteiger partial charge in [0.15, 0.2) is 0 Å². The summed E-state index contributed by atoms with van der Waals surface area (Å²) in [6, 6.07) is 7.89. The van der Waals surface area contributed by atoms with Crippen molar-refractivity contribution in [3.63, 3.8) is 0 Å². The Hall–Kier alpha value is -3.91. The van der Waals surface area contributed by atoms with E-state index in [2.05, 4.69) is 21.4 Å². The predicted molar refractivity (Wildman–Crippen MR) is 196 cm³/mol. The maximum absolute atomic E-state index is 14.8. The van der Waals surface area contributed by atoms with Gasteiger partial charge in [0.25, 0.3) is 5.91 Å². The van der Waals surface area contributed by atoms with E-state index in [1.54, 1.807) is 14.2 Å². The second kappa shape index (κ2) is 13.7. The summed E-state index contributed by atoms with van der Waals surface area (Å²) in [7, 11) is -0.657. The molecule has 7 rings (SSSR count). The summed E-state index contributed by atoms with van der Waals surface area (Å²) >= 11 is 0. The smallest absolute Gasteiger partial charge is 0.407 e. The normalized spacial score (nSPS) is 29.6. The van der Waals surface area contributed by atoms with E-state index in [9.17, 15) is 27.6 Å². The molecule has 5 atom stereocenters. The second-order valence-corrected chi connectivity index (χ2v) is 18.7. The van der Waals surface area contributed by atoms with Gasteiger partial charge < -0.3 is 29.7 Å². The predicted octanol–water partition coefficient (Wildman–Crippen LogP) is 4.05. The maximum Gasteiger partial charge on any atom is 0.407 e. The number of hydrogen-bond acceptors (Lipinski definition) is 9. The van der Waals surface area contributed by atoms with Crippen LogP contribution in [-0.4, -0.2) is 87.4 Å². The van der Waals surface area contributed by atoms with E-state index in [-0.39, 0.29) is 31.4 Å². The molecule has 2 aliphatic heterocycles. The molecule has 2 aromatic carbocycles. The summed E-state index contributed by atoms with van der Waals surface area (Å²) < 4.78 is 45.6. The van der Waals surface area contributed by atoms with E-state index in [1.165, 1.54) is 4.90 Å². The highest BCUT2D eigenvalue weighted by Crippen LogP contribution is 2.57. The molecule has 4 amide bonds. The SMILES string of the molecule is COc1cc2ccc3cc2cc1CCCCCOC(=O)N[C@@H](C(C)(C)C)C(=O)N1C[C@@]3(OC)C[C@H]1C(=O)N[C@]1(C(=O)NS(=O)(=O)C2CC2)C[C@@H]1C1CC1. The van der Waals surface area contributed by atoms with Gasteiger partial charge in [-0.2, -0.15) is 0 Å². The van der Waals surface area contributed by atoms with Crippen LogP contribution in [0.15, 0.2) is 30.3 Å². The van der Waals surface area contributed by atoms with Crippen molar-refractivity contribution in [2.45, 2.75) is 113 Å². The first-order valence-electron chi connectivity index (χ1n) is 18.9. The lowest BCUT2D eigenvalue weighted by Gasteiger charge is -2.36. The minimum absolute atomic E-state index is 0.0143. The lowest BCUT2D eigenvalue weighted by Crippen LogP contribution is -2.60. The van der Waals surface area contributed by atoms with Gasteiger partial charge >= 0.3 is 6.09 Å². The Balaban J connectivity index is 1.28. The standard InChI is InChI=1S/C39H52N4O9S/c1-37(2,3)32-34(45)43-22-38(51-5,21-30(43)33(44)41-39(20-29(39)23-10-11-23)35(46)42-53(48,49)28-14-15-28)27-13-12-24-19-31(50-4)25(17-26(24)18-27)9-7-6-8-16-52-36(47)40-32/h12-13,17-19,23,28-30,32H,6-11,14-16,20-22H2,1-5H3,(H,40,47)(H,41,44)(H,42,46)/t29-,30+,32-,38+,39-/m1/s1. The number of methoxy groups -OCH3 is 2. The Morgan fingerprint density at radius 1 is 0.981 bits per heavy atom. The number of benzene rings is 2. The van der Waals surface area contributed by atoms with Crippen molar-refractivity contribution in [1.82, 2.24) is 20.3 Å². The lowest BCUT2D eigenvalue weighted by molar-refractivity contribution is -0.143. The first kappa shape index (κ1) is 37.4. The molecule has 4 fully saturated rings. The molecule has 0 spiro atoms. The summed E-state index contributed by atoms with van der Waals surface area (Å²) in [6.45, 7) is 5.65. The molecule has 1 saturated heterocycles. The monoisotopic (exact) mass is 752 g/mol. The van der Waals surface area contributed by atoms with E-state index in [0.717, 1.165) is 59.8 Å². The van der Waals surface area contributed by atoms with E-state index in [0.29, 0.717) is 25.7 Å². The highest BCUT2D eigenvalue weighted by Gasteiger charge is 2.67. The summed E-state index contributed by atoms with van der Waals surface area (Å²) in [5.74, 6) is -1.00. The number of ether oxygens (including phenoxy) is 3. The number of amides is 4. The largest absolute Gasteiger partial charge is 0.496 e. The fourth-order valence-corrected chi connectivity index (χ4v) is 9.71. The number of nitrogens with one attached hydrogen (secondary N) is 3. The molecule has 3 N–H and O–H groups in total. The van der Waals surface area contributed by atoms with Crippen LogP contribution in [0.5, 0.6) is 5.75 Å². The minimum Gasteiger partial charge on any atom is -0.496 e. The van der Waals surface area contributed by atoms with Crippen LogP contribution in [0.3, 0.4) is 0 Å². The molecule has 14 heteroatoms. The molecular weight excluding hydrogens is 701 g/mol. The third-order valence-electron chi connectivity index (χ3n) is 11.9. The minimum atomic E-state index is -3.86. The first-order valence-corrected chi connectivity index (χ1v) is 20.4. The average molecular weight is 753 g/mol. The molecule has 5 aliphatic rings. The van der Waals surface area contributed by atoms with Gasteiger partial charge in [0, 0.05) is 13.5 Å². The van der Waals surface area contributed by atoms with Crippen molar-refractivity contribution in [2.75, 3.05) is 27.4 Å². The molecular formula is C39H52N4O9S. The zero-order valence-corrected chi connectivity index (χ0v) is 32.1. The van der Waals surface area contributed by atoms with Crippen molar-refractivity contribution in [3.8, 4) is 5.75 Å². The second-order valence-electron chi connectivity index (χ2n) is 16.8. The molecule has 53 heavy (non-hydrogen) atoms. The van der Waals surface area contributed by atoms with Crippen LogP contribution in [-0.2, 0) is 45.9 Å². The topological polar surface area (TPSA) is 169 Å². The van der Waals surface area contributed by atoms with Crippen molar-refractivity contribution >= 4 is 44.6 Å². The van der Waals surface area contributed by atoms with E-state index < -0.39 is 67.7 Å². The average Bonchev–Trinajstić information content (AvgIpc) is 3.98. The molecule has 2 heterocycles. The van der Waals surface area contributed by atoms with Crippen LogP contribution in [0.4, 0.5) is 4.79 Å². The molecule has 3 saturated carbocycles. The highest BCUT2D eigenvalue weighted by molar-refractivity contribution is 7.91. The number of sulfonamides is 1. The van der Waals surface area contributed by atoms with Crippen LogP contribution >= 0.6 is 0 Å². The van der Waals surface area contributed by atoms with Crippen LogP contribution < -0.4 is 20.1 Å². The van der Waals surface area contributed by atoms with Crippen molar-refractivity contribution in [3.05, 3.63) is 41.5 Å². The Labute approximate surface area is 311 Å². The molecule has 13 nitrogen and oxygen atoms in total. The van der Waals surface area contributed by atoms with Crippen molar-refractivity contribution in [2.24, 2.45) is 17.3 Å². The summed E-state index contributed by atoms with van der Waals surface area (Å²) in [4.78, 5) is 57.8. The quantitative estimate of drug-likeness (QED) is 0.360. The number of carbonyl (C=O) groups is 4. The van der Waals surface area contributed by atoms with Crippen molar-refractivity contribution in [1.29, 1.82) is 0 Å². The van der Waals surface area contributed by atoms with Gasteiger partial charge in [0.2, 0.25) is 21.8 Å². The van der Waals surface area contributed by atoms with Gasteiger partial charge in [-0.15, -0.1) is 0 Å². The van der Waals surface area contributed by atoms with Gasteiger partial charge in [-0.05, 0) is 115 Å². The lowest BCUT2D eigenvalue weighted by atomic mass is 9.85. The number of fused-ring (bicyclic) bond motifs is 5. The molecule has 2 aromatic rings. The zero-order chi connectivity index (χ0) is 37.9. The van der Waals surface area contributed by atoms with Crippen LogP contribution in [0.2, 0.25) is 0 Å². The van der Waals surface area contributed by atoms with E-state index in [4.69, 9.17) is 14.2 Å². The van der Waals surface area contributed by atoms with Gasteiger partial charge in [0.05, 0.1) is 25.5 Å². The number of carbonyl (C=O) groups excluding carboxylic acids is 4. The maximum atomic E-state index is 14.8. The Kier molecular flexibility index (Phi) is 9.70. The molecule has 0 unspecified atom stereocenters. The zero-order valence-electron chi connectivity index (χ0n) is 31.3. The first-order chi connectivity index (χ1) is 25.1. The Morgan fingerprint density at radius 2 is 1.74 bits per heavy atom. The van der Waals surface area contributed by atoms with Gasteiger partial charge in [-0.1, -0.05) is 32.9 Å². The van der Waals surface area contributed by atoms with E-state index in [1.807, 2.05) is 45.0 Å². The number of alkyl carbamates (subject to hydrolysis) is 1. The molecule has 0 aromatic heterocycles. The molecule has 288 valence electrons. The van der Waals surface area contributed by atoms with Gasteiger partial charge in [-0.25, -0.2) is 13.2 Å². The van der Waals surface area contributed by atoms with Crippen LogP contribution in [0, 0.1) is 17.3 Å². The van der Waals surface area contributed by atoms with Crippen LogP contribution in [0.25, 0.3) is 10.8 Å². The van der Waals surface area contributed by atoms with Gasteiger partial charge in [0.1, 0.15) is 29.0 Å². The fraction of sp³-hybridized carbons (Fsp3) is 0.641. The number of cyclic esters (lactones) is 1. The summed E-state index contributed by atoms with van der Waals surface area (Å²) in [5.41, 5.74) is -1.50. The van der Waals surface area contributed by atoms with Crippen molar-refractivity contribution < 1.29 is 41.8 Å². The third kappa shape index (κ3) is 7.33. The highest BCUT2D eigenvalue weighted by atomic mass is 32.2. The number of rotatable bonds is 8. The summed E-state index contributed by atoms with van der Waals surface area (Å²) in [6.07, 6.45) is 5.52. The molecule has 0 radical (unpaired) electrons. The number of aryl methyl sites for hydroxylation is 1. The number of nitrogens with zero attached hydrogens (tertiary/aromatic N) is 1. The Bertz CT molecular complexity index is 1920. The molecule has 3 aliphatic carbocycles. The Morgan fingerprint density at radius 3 is 2.40 bits per heavy atom. The fourth-order valence-electron chi connectivity index (χ4n) is 8.34. The van der Waals surface area contributed by atoms with E-state index >= 15 is 0 Å². The summed E-state index contributed by atoms with van der Waals surface area (Å²) in [5, 5.41) is 7.09. The third-order valence-corrected chi connectivity index (χ3v) is 13.7. The van der Waals surface area contributed by atoms with Gasteiger partial charge in [-0.3, -0.25) is 19.1 Å². The van der Waals surface area contributed by atoms with Crippen LogP contribution in [0.1, 0.15) is 89.7 Å². The molecule has 5 bridgehead atoms.